The molecule has 0 aromatic carbocycles. The van der Waals surface area contributed by atoms with Crippen molar-refractivity contribution < 1.29 is 4.68 Å². The Morgan fingerprint density at radius 1 is 0.857 bits per heavy atom. The monoisotopic (exact) mass is 397 g/mol. The summed E-state index contributed by atoms with van der Waals surface area (Å²) in [6.45, 7) is 20.0. The standard InChI is InChI=1S/C8H16N2.C7H13N2.C7H16.2CH4/c1-7(2)10-6-5-9(4)8(10)3;1-7(2)9-6-4-5-8(9)3;1-6(2)5-7(3)4;;/h5-8H,1-4H3;4-7H,1-3H3;6-7H,5H2,1-4H3;2*1H4/q;+1;;;. The summed E-state index contributed by atoms with van der Waals surface area (Å²) in [5.41, 5.74) is 0. The van der Waals surface area contributed by atoms with E-state index in [9.17, 15) is 0 Å². The Hall–Kier alpha value is -1.45. The van der Waals surface area contributed by atoms with Gasteiger partial charge >= 0.3 is 0 Å². The van der Waals surface area contributed by atoms with Gasteiger partial charge in [-0.15, -0.1) is 4.68 Å². The van der Waals surface area contributed by atoms with Crippen LogP contribution in [0.3, 0.4) is 0 Å². The summed E-state index contributed by atoms with van der Waals surface area (Å²) in [6.07, 6.45) is 10.3. The van der Waals surface area contributed by atoms with Crippen LogP contribution in [0, 0.1) is 11.8 Å². The van der Waals surface area contributed by atoms with Crippen molar-refractivity contribution in [1.82, 2.24) is 14.5 Å². The number of hydrogen-bond acceptors (Lipinski definition) is 2. The molecule has 1 aromatic rings. The van der Waals surface area contributed by atoms with Gasteiger partial charge in [-0.25, -0.2) is 0 Å². The average molecular weight is 398 g/mol. The van der Waals surface area contributed by atoms with Crippen molar-refractivity contribution >= 4 is 0 Å². The molecule has 1 aliphatic heterocycles. The Morgan fingerprint density at radius 3 is 1.50 bits per heavy atom. The van der Waals surface area contributed by atoms with Crippen molar-refractivity contribution in [3.05, 3.63) is 30.9 Å². The maximum Gasteiger partial charge on any atom is 0.195 e. The van der Waals surface area contributed by atoms with E-state index in [1.54, 1.807) is 0 Å². The summed E-state index contributed by atoms with van der Waals surface area (Å²) in [6, 6.07) is 3.21. The maximum absolute atomic E-state index is 2.33. The minimum atomic E-state index is 0. The normalized spacial score (nSPS) is 15.2. The minimum Gasteiger partial charge on any atom is -0.359 e. The van der Waals surface area contributed by atoms with Gasteiger partial charge in [-0.3, -0.25) is 0 Å². The summed E-state index contributed by atoms with van der Waals surface area (Å²) in [5, 5.41) is 0. The lowest BCUT2D eigenvalue weighted by Gasteiger charge is -2.30. The number of aryl methyl sites for hydroxylation is 1. The van der Waals surface area contributed by atoms with E-state index < -0.39 is 0 Å². The molecule has 1 aromatic heterocycles. The lowest BCUT2D eigenvalue weighted by Crippen LogP contribution is -2.38. The van der Waals surface area contributed by atoms with Crippen molar-refractivity contribution in [2.75, 3.05) is 7.05 Å². The van der Waals surface area contributed by atoms with Crippen LogP contribution in [-0.4, -0.2) is 33.7 Å². The zero-order valence-electron chi connectivity index (χ0n) is 19.3. The Labute approximate surface area is 178 Å². The Bertz CT molecular complexity index is 494. The summed E-state index contributed by atoms with van der Waals surface area (Å²) >= 11 is 0. The van der Waals surface area contributed by atoms with Crippen LogP contribution in [0.25, 0.3) is 0 Å². The summed E-state index contributed by atoms with van der Waals surface area (Å²) in [7, 11) is 4.14. The van der Waals surface area contributed by atoms with Crippen molar-refractivity contribution in [3.8, 4) is 0 Å². The molecule has 1 unspecified atom stereocenters. The van der Waals surface area contributed by atoms with Crippen molar-refractivity contribution in [3.63, 3.8) is 0 Å². The maximum atomic E-state index is 2.33. The van der Waals surface area contributed by atoms with Crippen molar-refractivity contribution in [2.24, 2.45) is 18.9 Å². The third kappa shape index (κ3) is 12.1. The Balaban J connectivity index is -0.000000329. The molecule has 0 aliphatic carbocycles. The molecule has 1 atom stereocenters. The van der Waals surface area contributed by atoms with Crippen LogP contribution in [0.4, 0.5) is 0 Å². The second kappa shape index (κ2) is 15.5. The lowest BCUT2D eigenvalue weighted by molar-refractivity contribution is -0.755. The van der Waals surface area contributed by atoms with E-state index in [-0.39, 0.29) is 14.9 Å². The van der Waals surface area contributed by atoms with E-state index >= 15 is 0 Å². The third-order valence-electron chi connectivity index (χ3n) is 4.47. The minimum absolute atomic E-state index is 0. The number of hydrogen-bond donors (Lipinski definition) is 0. The first-order valence-electron chi connectivity index (χ1n) is 10.2. The van der Waals surface area contributed by atoms with Gasteiger partial charge in [0.25, 0.3) is 0 Å². The van der Waals surface area contributed by atoms with Crippen molar-refractivity contribution in [1.29, 1.82) is 0 Å². The first-order chi connectivity index (χ1) is 12.0. The molecule has 4 heteroatoms. The lowest BCUT2D eigenvalue weighted by atomic mass is 10.0. The number of aromatic nitrogens is 2. The molecule has 0 saturated carbocycles. The number of rotatable bonds is 4. The van der Waals surface area contributed by atoms with Gasteiger partial charge in [0.15, 0.2) is 13.2 Å². The highest BCUT2D eigenvalue weighted by Gasteiger charge is 2.19. The van der Waals surface area contributed by atoms with E-state index in [1.165, 1.54) is 6.42 Å². The molecule has 4 nitrogen and oxygen atoms in total. The van der Waals surface area contributed by atoms with Gasteiger partial charge in [0.05, 0.1) is 18.4 Å². The fourth-order valence-electron chi connectivity index (χ4n) is 3.16. The molecule has 2 rings (SSSR count). The van der Waals surface area contributed by atoms with Crippen LogP contribution in [-0.2, 0) is 7.05 Å². The van der Waals surface area contributed by atoms with Gasteiger partial charge in [-0.1, -0.05) is 42.5 Å². The smallest absolute Gasteiger partial charge is 0.195 e. The van der Waals surface area contributed by atoms with Crippen LogP contribution in [0.5, 0.6) is 0 Å². The molecule has 0 spiro atoms. The quantitative estimate of drug-likeness (QED) is 0.553. The predicted molar refractivity (Wildman–Crippen MR) is 127 cm³/mol. The van der Waals surface area contributed by atoms with Gasteiger partial charge in [-0.2, -0.15) is 4.68 Å². The molecule has 0 saturated heterocycles. The highest BCUT2D eigenvalue weighted by Crippen LogP contribution is 2.15. The molecule has 0 N–H and O–H groups in total. The largest absolute Gasteiger partial charge is 0.359 e. The SMILES string of the molecule is C.C.CC(C)CC(C)C.CC(C)N1C=CN(C)C1C.CC(C)n1ccc[n+]1C. The van der Waals surface area contributed by atoms with Crippen LogP contribution in [0.1, 0.15) is 89.6 Å². The van der Waals surface area contributed by atoms with Gasteiger partial charge in [-0.05, 0) is 52.9 Å². The molecule has 0 amide bonds. The Kier molecular flexibility index (Phi) is 17.3. The second-order valence-electron chi connectivity index (χ2n) is 8.70. The molecule has 168 valence electrons. The van der Waals surface area contributed by atoms with Crippen LogP contribution in [0.15, 0.2) is 30.9 Å². The number of nitrogens with zero attached hydrogens (tertiary/aromatic N) is 4. The van der Waals surface area contributed by atoms with Gasteiger partial charge < -0.3 is 9.80 Å². The zero-order valence-corrected chi connectivity index (χ0v) is 19.3. The topological polar surface area (TPSA) is 15.3 Å². The molecule has 0 radical (unpaired) electrons. The fourth-order valence-corrected chi connectivity index (χ4v) is 3.16. The second-order valence-corrected chi connectivity index (χ2v) is 8.70. The summed E-state index contributed by atoms with van der Waals surface area (Å²) < 4.78 is 4.24. The Morgan fingerprint density at radius 2 is 1.36 bits per heavy atom. The fraction of sp³-hybridized carbons (Fsp3) is 0.792. The molecule has 28 heavy (non-hydrogen) atoms. The first kappa shape index (κ1) is 31.3. The summed E-state index contributed by atoms with van der Waals surface area (Å²) in [4.78, 5) is 4.54. The molecular weight excluding hydrogens is 344 g/mol. The van der Waals surface area contributed by atoms with Gasteiger partial charge in [0.1, 0.15) is 0 Å². The summed E-state index contributed by atoms with van der Waals surface area (Å²) in [5.74, 6) is 1.75. The highest BCUT2D eigenvalue weighted by molar-refractivity contribution is 4.94. The molecule has 2 heterocycles. The van der Waals surface area contributed by atoms with Crippen molar-refractivity contribution in [2.45, 2.75) is 102 Å². The predicted octanol–water partition coefficient (Wildman–Crippen LogP) is 6.31. The first-order valence-corrected chi connectivity index (χ1v) is 10.2. The molecule has 0 fully saturated rings. The van der Waals surface area contributed by atoms with Crippen LogP contribution < -0.4 is 4.68 Å². The third-order valence-corrected chi connectivity index (χ3v) is 4.47. The van der Waals surface area contributed by atoms with E-state index in [1.807, 2.05) is 19.3 Å². The molecule has 1 aliphatic rings. The van der Waals surface area contributed by atoms with E-state index in [4.69, 9.17) is 0 Å². The van der Waals surface area contributed by atoms with E-state index in [0.29, 0.717) is 18.2 Å². The van der Waals surface area contributed by atoms with Gasteiger partial charge in [0.2, 0.25) is 0 Å². The van der Waals surface area contributed by atoms with Crippen LogP contribution in [0.2, 0.25) is 0 Å². The van der Waals surface area contributed by atoms with Crippen LogP contribution >= 0.6 is 0 Å². The van der Waals surface area contributed by atoms with E-state index in [2.05, 4.69) is 107 Å². The highest BCUT2D eigenvalue weighted by atomic mass is 15.4. The zero-order chi connectivity index (χ0) is 20.4. The molecule has 0 bridgehead atoms. The van der Waals surface area contributed by atoms with E-state index in [0.717, 1.165) is 11.8 Å². The average Bonchev–Trinajstić information content (AvgIpc) is 3.06. The molecular formula is C24H53N4+. The van der Waals surface area contributed by atoms with Gasteiger partial charge in [0, 0.05) is 31.6 Å².